The van der Waals surface area contributed by atoms with E-state index in [-0.39, 0.29) is 17.9 Å². The number of nitrogens with one attached hydrogen (secondary N) is 2. The minimum Gasteiger partial charge on any atom is -0.326 e. The first kappa shape index (κ1) is 19.2. The molecule has 1 aliphatic heterocycles. The monoisotopic (exact) mass is 346 g/mol. The van der Waals surface area contributed by atoms with Gasteiger partial charge in [0.25, 0.3) is 0 Å². The van der Waals surface area contributed by atoms with Gasteiger partial charge in [0.2, 0.25) is 5.91 Å². The van der Waals surface area contributed by atoms with Gasteiger partial charge in [0.1, 0.15) is 0 Å². The fraction of sp³-hybridized carbons (Fsp3) is 0.579. The third-order valence-corrected chi connectivity index (χ3v) is 4.71. The number of rotatable bonds is 6. The first-order chi connectivity index (χ1) is 11.9. The lowest BCUT2D eigenvalue weighted by molar-refractivity contribution is -0.118. The van der Waals surface area contributed by atoms with Crippen molar-refractivity contribution in [1.29, 1.82) is 0 Å². The average Bonchev–Trinajstić information content (AvgIpc) is 3.07. The summed E-state index contributed by atoms with van der Waals surface area (Å²) in [7, 11) is 0. The molecule has 1 fully saturated rings. The summed E-state index contributed by atoms with van der Waals surface area (Å²) in [4.78, 5) is 28.4. The third kappa shape index (κ3) is 5.19. The number of anilines is 2. The standard InChI is InChI=1S/C19H30N4O2/c1-5-22(6-2)17-11-12-23(13-17)19(25)21-16-9-7-15(8-10-16)20-18(24)14(3)4/h7-10,14,17H,5-6,11-13H2,1-4H3,(H,20,24)(H,21,25)/t17-/m1/s1. The largest absolute Gasteiger partial charge is 0.326 e. The van der Waals surface area contributed by atoms with E-state index in [4.69, 9.17) is 0 Å². The molecule has 0 saturated carbocycles. The van der Waals surface area contributed by atoms with Crippen molar-refractivity contribution < 1.29 is 9.59 Å². The lowest BCUT2D eigenvalue weighted by Gasteiger charge is -2.26. The lowest BCUT2D eigenvalue weighted by Crippen LogP contribution is -2.39. The van der Waals surface area contributed by atoms with Crippen LogP contribution in [0.4, 0.5) is 16.2 Å². The zero-order valence-corrected chi connectivity index (χ0v) is 15.7. The molecule has 0 bridgehead atoms. The van der Waals surface area contributed by atoms with E-state index in [1.165, 1.54) is 0 Å². The second-order valence-corrected chi connectivity index (χ2v) is 6.76. The minimum atomic E-state index is -0.0618. The van der Waals surface area contributed by atoms with Gasteiger partial charge in [0.15, 0.2) is 0 Å². The highest BCUT2D eigenvalue weighted by molar-refractivity contribution is 5.93. The second-order valence-electron chi connectivity index (χ2n) is 6.76. The Morgan fingerprint density at radius 3 is 2.20 bits per heavy atom. The van der Waals surface area contributed by atoms with Crippen LogP contribution < -0.4 is 10.6 Å². The predicted molar refractivity (Wildman–Crippen MR) is 102 cm³/mol. The van der Waals surface area contributed by atoms with E-state index in [9.17, 15) is 9.59 Å². The first-order valence-electron chi connectivity index (χ1n) is 9.15. The average molecular weight is 346 g/mol. The number of likely N-dealkylation sites (N-methyl/N-ethyl adjacent to an activating group) is 1. The van der Waals surface area contributed by atoms with Crippen molar-refractivity contribution in [3.63, 3.8) is 0 Å². The number of likely N-dealkylation sites (tertiary alicyclic amines) is 1. The molecule has 2 rings (SSSR count). The molecule has 2 N–H and O–H groups in total. The highest BCUT2D eigenvalue weighted by Crippen LogP contribution is 2.18. The van der Waals surface area contributed by atoms with Crippen LogP contribution in [0.25, 0.3) is 0 Å². The highest BCUT2D eigenvalue weighted by Gasteiger charge is 2.29. The smallest absolute Gasteiger partial charge is 0.321 e. The Kier molecular flexibility index (Phi) is 6.82. The van der Waals surface area contributed by atoms with Gasteiger partial charge in [-0.3, -0.25) is 9.69 Å². The number of carbonyl (C=O) groups is 2. The molecule has 6 heteroatoms. The number of urea groups is 1. The summed E-state index contributed by atoms with van der Waals surface area (Å²) in [6.07, 6.45) is 1.02. The molecule has 1 aliphatic rings. The van der Waals surface area contributed by atoms with Gasteiger partial charge in [0.05, 0.1) is 0 Å². The Labute approximate surface area is 150 Å². The second kappa shape index (κ2) is 8.85. The first-order valence-corrected chi connectivity index (χ1v) is 9.15. The summed E-state index contributed by atoms with van der Waals surface area (Å²) >= 11 is 0. The van der Waals surface area contributed by atoms with E-state index in [0.717, 1.165) is 44.0 Å². The molecule has 0 aliphatic carbocycles. The van der Waals surface area contributed by atoms with Crippen LogP contribution in [0, 0.1) is 5.92 Å². The molecule has 1 aromatic rings. The fourth-order valence-electron chi connectivity index (χ4n) is 3.09. The maximum absolute atomic E-state index is 12.4. The molecule has 0 aromatic heterocycles. The van der Waals surface area contributed by atoms with E-state index >= 15 is 0 Å². The maximum Gasteiger partial charge on any atom is 0.321 e. The van der Waals surface area contributed by atoms with Crippen LogP contribution in [-0.4, -0.2) is 54.0 Å². The Hall–Kier alpha value is -2.08. The van der Waals surface area contributed by atoms with E-state index in [1.54, 1.807) is 12.1 Å². The van der Waals surface area contributed by atoms with E-state index in [0.29, 0.717) is 6.04 Å². The van der Waals surface area contributed by atoms with Crippen LogP contribution in [0.15, 0.2) is 24.3 Å². The summed E-state index contributed by atoms with van der Waals surface area (Å²) in [6.45, 7) is 11.6. The van der Waals surface area contributed by atoms with Crippen LogP contribution in [-0.2, 0) is 4.79 Å². The van der Waals surface area contributed by atoms with E-state index in [2.05, 4.69) is 29.4 Å². The topological polar surface area (TPSA) is 64.7 Å². The van der Waals surface area contributed by atoms with Gasteiger partial charge in [-0.1, -0.05) is 27.7 Å². The molecule has 1 heterocycles. The van der Waals surface area contributed by atoms with Gasteiger partial charge in [-0.05, 0) is 43.8 Å². The minimum absolute atomic E-state index is 0.0173. The Morgan fingerprint density at radius 1 is 1.12 bits per heavy atom. The van der Waals surface area contributed by atoms with Crippen molar-refractivity contribution in [2.24, 2.45) is 5.92 Å². The zero-order chi connectivity index (χ0) is 18.4. The number of carbonyl (C=O) groups excluding carboxylic acids is 2. The Morgan fingerprint density at radius 2 is 1.68 bits per heavy atom. The summed E-state index contributed by atoms with van der Waals surface area (Å²) in [5.41, 5.74) is 1.47. The lowest BCUT2D eigenvalue weighted by atomic mass is 10.2. The van der Waals surface area contributed by atoms with Gasteiger partial charge >= 0.3 is 6.03 Å². The predicted octanol–water partition coefficient (Wildman–Crippen LogP) is 3.23. The summed E-state index contributed by atoms with van der Waals surface area (Å²) in [5.74, 6) is -0.0791. The zero-order valence-electron chi connectivity index (χ0n) is 15.7. The molecule has 0 spiro atoms. The van der Waals surface area contributed by atoms with Crippen molar-refractivity contribution in [3.8, 4) is 0 Å². The van der Waals surface area contributed by atoms with Crippen molar-refractivity contribution >= 4 is 23.3 Å². The van der Waals surface area contributed by atoms with Gasteiger partial charge in [-0.15, -0.1) is 0 Å². The van der Waals surface area contributed by atoms with Crippen LogP contribution in [0.1, 0.15) is 34.1 Å². The molecule has 138 valence electrons. The van der Waals surface area contributed by atoms with Crippen LogP contribution in [0.3, 0.4) is 0 Å². The van der Waals surface area contributed by atoms with Crippen LogP contribution >= 0.6 is 0 Å². The van der Waals surface area contributed by atoms with Crippen molar-refractivity contribution in [2.45, 2.75) is 40.2 Å². The fourth-order valence-corrected chi connectivity index (χ4v) is 3.09. The highest BCUT2D eigenvalue weighted by atomic mass is 16.2. The molecule has 0 unspecified atom stereocenters. The third-order valence-electron chi connectivity index (χ3n) is 4.71. The van der Waals surface area contributed by atoms with Crippen LogP contribution in [0.5, 0.6) is 0 Å². The summed E-state index contributed by atoms with van der Waals surface area (Å²) in [5, 5.41) is 5.78. The Bertz CT molecular complexity index is 582. The quantitative estimate of drug-likeness (QED) is 0.831. The maximum atomic E-state index is 12.4. The normalized spacial score (nSPS) is 17.2. The molecule has 1 aromatic carbocycles. The number of amides is 3. The van der Waals surface area contributed by atoms with Crippen LogP contribution in [0.2, 0.25) is 0 Å². The molecular formula is C19H30N4O2. The summed E-state index contributed by atoms with van der Waals surface area (Å²) < 4.78 is 0. The molecule has 3 amide bonds. The molecular weight excluding hydrogens is 316 g/mol. The molecule has 6 nitrogen and oxygen atoms in total. The number of hydrogen-bond acceptors (Lipinski definition) is 3. The molecule has 1 saturated heterocycles. The van der Waals surface area contributed by atoms with Gasteiger partial charge in [-0.2, -0.15) is 0 Å². The van der Waals surface area contributed by atoms with Crippen molar-refractivity contribution in [2.75, 3.05) is 36.8 Å². The number of hydrogen-bond donors (Lipinski definition) is 2. The van der Waals surface area contributed by atoms with Crippen molar-refractivity contribution in [1.82, 2.24) is 9.80 Å². The molecule has 1 atom stereocenters. The van der Waals surface area contributed by atoms with Gasteiger partial charge in [-0.25, -0.2) is 4.79 Å². The number of benzene rings is 1. The van der Waals surface area contributed by atoms with E-state index in [1.807, 2.05) is 30.9 Å². The molecule has 25 heavy (non-hydrogen) atoms. The Balaban J connectivity index is 1.88. The molecule has 0 radical (unpaired) electrons. The van der Waals surface area contributed by atoms with Gasteiger partial charge in [0, 0.05) is 36.4 Å². The van der Waals surface area contributed by atoms with Crippen molar-refractivity contribution in [3.05, 3.63) is 24.3 Å². The summed E-state index contributed by atoms with van der Waals surface area (Å²) in [6, 6.07) is 7.62. The van der Waals surface area contributed by atoms with Gasteiger partial charge < -0.3 is 15.5 Å². The number of nitrogens with zero attached hydrogens (tertiary/aromatic N) is 2. The van der Waals surface area contributed by atoms with E-state index < -0.39 is 0 Å². The SMILES string of the molecule is CCN(CC)[C@@H]1CCN(C(=O)Nc2ccc(NC(=O)C(C)C)cc2)C1.